The second-order valence-electron chi connectivity index (χ2n) is 11.8. The van der Waals surface area contributed by atoms with Crippen LogP contribution in [0.1, 0.15) is 76.7 Å². The number of nitrogens with one attached hydrogen (secondary N) is 1. The Morgan fingerprint density at radius 1 is 0.784 bits per heavy atom. The number of para-hydroxylation sites is 2. The van der Waals surface area contributed by atoms with Crippen molar-refractivity contribution in [2.75, 3.05) is 0 Å². The lowest BCUT2D eigenvalue weighted by Gasteiger charge is -2.48. The molecular formula is C28H34N6O3. The van der Waals surface area contributed by atoms with Crippen molar-refractivity contribution < 1.29 is 0 Å². The number of hydrogen-bond acceptors (Lipinski definition) is 6. The van der Waals surface area contributed by atoms with Gasteiger partial charge in [0.05, 0.1) is 11.0 Å². The quantitative estimate of drug-likeness (QED) is 0.590. The van der Waals surface area contributed by atoms with Crippen molar-refractivity contribution in [1.82, 2.24) is 29.2 Å². The van der Waals surface area contributed by atoms with E-state index in [2.05, 4.69) is 20.0 Å². The first-order valence-electron chi connectivity index (χ1n) is 14.0. The van der Waals surface area contributed by atoms with Crippen molar-refractivity contribution in [3.8, 4) is 5.82 Å². The fourth-order valence-corrected chi connectivity index (χ4v) is 8.25. The topological polar surface area (TPSA) is 106 Å². The van der Waals surface area contributed by atoms with E-state index in [4.69, 9.17) is 0 Å². The molecule has 2 aromatic heterocycles. The Morgan fingerprint density at radius 2 is 1.49 bits per heavy atom. The second kappa shape index (κ2) is 9.04. The molecule has 9 heteroatoms. The Morgan fingerprint density at radius 3 is 2.19 bits per heavy atom. The molecule has 0 unspecified atom stereocenters. The summed E-state index contributed by atoms with van der Waals surface area (Å²) in [6, 6.07) is 9.32. The zero-order chi connectivity index (χ0) is 25.1. The number of piperidine rings is 1. The molecule has 9 nitrogen and oxygen atoms in total. The SMILES string of the molecule is O=c1cnn(-c2nc3ccccc3n([C@@H]3C[C@H]4CC[C@@H](C3)N4[C@@H]3C[C@@H]4CCCC[C@@H](C4)C3)c2=O)c(=O)[nH]1. The fraction of sp³-hybridized carbons (Fsp3) is 0.607. The van der Waals surface area contributed by atoms with Gasteiger partial charge in [-0.1, -0.05) is 37.8 Å². The molecule has 0 radical (unpaired) electrons. The van der Waals surface area contributed by atoms with Crippen LogP contribution in [-0.2, 0) is 0 Å². The van der Waals surface area contributed by atoms with E-state index in [1.54, 1.807) is 0 Å². The van der Waals surface area contributed by atoms with Crippen molar-refractivity contribution in [1.29, 1.82) is 0 Å². The predicted molar refractivity (Wildman–Crippen MR) is 140 cm³/mol. The van der Waals surface area contributed by atoms with Gasteiger partial charge < -0.3 is 4.57 Å². The summed E-state index contributed by atoms with van der Waals surface area (Å²) in [6.07, 6.45) is 15.0. The normalized spacial score (nSPS) is 31.9. The minimum atomic E-state index is -0.757. The number of hydrogen-bond donors (Lipinski definition) is 1. The molecular weight excluding hydrogens is 468 g/mol. The third-order valence-electron chi connectivity index (χ3n) is 9.60. The maximum atomic E-state index is 13.9. The maximum Gasteiger partial charge on any atom is 0.351 e. The number of aromatic nitrogens is 5. The molecule has 1 N–H and O–H groups in total. The number of nitrogens with zero attached hydrogens (tertiary/aromatic N) is 5. The highest BCUT2D eigenvalue weighted by molar-refractivity contribution is 5.75. The Bertz CT molecular complexity index is 1480. The molecule has 194 valence electrons. The fourth-order valence-electron chi connectivity index (χ4n) is 8.25. The van der Waals surface area contributed by atoms with Crippen LogP contribution in [0.15, 0.2) is 44.8 Å². The van der Waals surface area contributed by atoms with Gasteiger partial charge in [-0.05, 0) is 68.9 Å². The number of fused-ring (bicyclic) bond motifs is 5. The van der Waals surface area contributed by atoms with Crippen LogP contribution in [0.4, 0.5) is 0 Å². The van der Waals surface area contributed by atoms with Crippen molar-refractivity contribution in [2.45, 2.75) is 94.8 Å². The van der Waals surface area contributed by atoms with Gasteiger partial charge in [0, 0.05) is 24.2 Å². The van der Waals surface area contributed by atoms with E-state index >= 15 is 0 Å². The Balaban J connectivity index is 1.25. The van der Waals surface area contributed by atoms with Gasteiger partial charge >= 0.3 is 5.69 Å². The van der Waals surface area contributed by atoms with Gasteiger partial charge in [0.25, 0.3) is 11.1 Å². The van der Waals surface area contributed by atoms with E-state index < -0.39 is 11.2 Å². The van der Waals surface area contributed by atoms with Gasteiger partial charge in [-0.25, -0.2) is 9.78 Å². The number of aromatic amines is 1. The first-order valence-corrected chi connectivity index (χ1v) is 14.0. The molecule has 4 heterocycles. The summed E-state index contributed by atoms with van der Waals surface area (Å²) in [5.74, 6) is 1.72. The summed E-state index contributed by atoms with van der Waals surface area (Å²) in [5.41, 5.74) is -0.262. The van der Waals surface area contributed by atoms with Crippen LogP contribution < -0.4 is 16.8 Å². The molecule has 3 aromatic rings. The summed E-state index contributed by atoms with van der Waals surface area (Å²) >= 11 is 0. The van der Waals surface area contributed by atoms with E-state index in [1.165, 1.54) is 57.8 Å². The van der Waals surface area contributed by atoms with Gasteiger partial charge in [0.2, 0.25) is 5.82 Å². The van der Waals surface area contributed by atoms with E-state index in [-0.39, 0.29) is 17.4 Å². The smallest absolute Gasteiger partial charge is 0.300 e. The standard InChI is InChI=1S/C28H34N6O3/c35-25-16-29-34(28(37)31-25)26-27(36)33(24-8-4-3-7-23(24)30-26)22-14-19-9-10-20(15-22)32(19)21-12-17-5-1-2-6-18(11-17)13-21/h3-4,7-8,16-22H,1-2,5-6,9-15H2,(H,31,35,37)/t17-,18+,19-,20+,21-,22-. The van der Waals surface area contributed by atoms with Crippen LogP contribution in [0.3, 0.4) is 0 Å². The van der Waals surface area contributed by atoms with Crippen LogP contribution in [0, 0.1) is 11.8 Å². The Labute approximate surface area is 214 Å². The first kappa shape index (κ1) is 23.1. The third-order valence-corrected chi connectivity index (χ3v) is 9.60. The van der Waals surface area contributed by atoms with E-state index in [0.29, 0.717) is 23.6 Å². The molecule has 2 aliphatic heterocycles. The van der Waals surface area contributed by atoms with E-state index in [1.807, 2.05) is 28.8 Å². The van der Waals surface area contributed by atoms with Crippen LogP contribution in [-0.4, -0.2) is 47.3 Å². The Kier molecular flexibility index (Phi) is 5.64. The molecule has 2 aliphatic carbocycles. The van der Waals surface area contributed by atoms with Crippen LogP contribution in [0.25, 0.3) is 16.9 Å². The molecule has 0 amide bonds. The zero-order valence-corrected chi connectivity index (χ0v) is 21.1. The minimum Gasteiger partial charge on any atom is -0.300 e. The maximum absolute atomic E-state index is 13.9. The average Bonchev–Trinajstić information content (AvgIpc) is 3.04. The summed E-state index contributed by atoms with van der Waals surface area (Å²) in [4.78, 5) is 47.5. The van der Waals surface area contributed by atoms with Crippen molar-refractivity contribution in [2.24, 2.45) is 11.8 Å². The van der Waals surface area contributed by atoms with E-state index in [9.17, 15) is 14.4 Å². The van der Waals surface area contributed by atoms with Gasteiger partial charge in [-0.3, -0.25) is 19.5 Å². The molecule has 6 atom stereocenters. The third kappa shape index (κ3) is 3.98. The van der Waals surface area contributed by atoms with Gasteiger partial charge in [0.1, 0.15) is 6.20 Å². The second-order valence-corrected chi connectivity index (χ2v) is 11.8. The molecule has 1 aromatic carbocycles. The molecule has 2 saturated heterocycles. The molecule has 37 heavy (non-hydrogen) atoms. The first-order chi connectivity index (χ1) is 18.0. The molecule has 0 spiro atoms. The van der Waals surface area contributed by atoms with E-state index in [0.717, 1.165) is 41.1 Å². The van der Waals surface area contributed by atoms with Crippen LogP contribution >= 0.6 is 0 Å². The van der Waals surface area contributed by atoms with Crippen molar-refractivity contribution >= 4 is 11.0 Å². The molecule has 7 rings (SSSR count). The summed E-state index contributed by atoms with van der Waals surface area (Å²) in [7, 11) is 0. The number of H-pyrrole nitrogens is 1. The number of rotatable bonds is 3. The molecule has 2 saturated carbocycles. The zero-order valence-electron chi connectivity index (χ0n) is 21.1. The lowest BCUT2D eigenvalue weighted by Crippen LogP contribution is -2.52. The summed E-state index contributed by atoms with van der Waals surface area (Å²) in [6.45, 7) is 0. The molecule has 4 aliphatic rings. The highest BCUT2D eigenvalue weighted by Crippen LogP contribution is 2.47. The summed E-state index contributed by atoms with van der Waals surface area (Å²) < 4.78 is 2.78. The highest BCUT2D eigenvalue weighted by atomic mass is 16.2. The molecule has 4 fully saturated rings. The van der Waals surface area contributed by atoms with Crippen molar-refractivity contribution in [3.63, 3.8) is 0 Å². The average molecular weight is 503 g/mol. The van der Waals surface area contributed by atoms with Crippen molar-refractivity contribution in [3.05, 3.63) is 61.7 Å². The highest BCUT2D eigenvalue weighted by Gasteiger charge is 2.47. The minimum absolute atomic E-state index is 0.0391. The lowest BCUT2D eigenvalue weighted by atomic mass is 9.76. The van der Waals surface area contributed by atoms with Gasteiger partial charge in [-0.15, -0.1) is 0 Å². The van der Waals surface area contributed by atoms with Gasteiger partial charge in [-0.2, -0.15) is 9.78 Å². The number of benzene rings is 1. The monoisotopic (exact) mass is 502 g/mol. The lowest BCUT2D eigenvalue weighted by molar-refractivity contribution is 0.0204. The largest absolute Gasteiger partial charge is 0.351 e. The summed E-state index contributed by atoms with van der Waals surface area (Å²) in [5, 5.41) is 3.93. The Hall–Kier alpha value is -3.07. The van der Waals surface area contributed by atoms with Crippen LogP contribution in [0.5, 0.6) is 0 Å². The molecule has 4 bridgehead atoms. The van der Waals surface area contributed by atoms with Crippen LogP contribution in [0.2, 0.25) is 0 Å². The van der Waals surface area contributed by atoms with Gasteiger partial charge in [0.15, 0.2) is 0 Å². The predicted octanol–water partition coefficient (Wildman–Crippen LogP) is 3.16.